The van der Waals surface area contributed by atoms with Crippen LogP contribution >= 0.6 is 11.3 Å². The van der Waals surface area contributed by atoms with E-state index in [2.05, 4.69) is 9.71 Å². The van der Waals surface area contributed by atoms with E-state index in [1.54, 1.807) is 12.1 Å². The number of anilines is 1. The number of rotatable bonds is 8. The summed E-state index contributed by atoms with van der Waals surface area (Å²) >= 11 is 1.15. The van der Waals surface area contributed by atoms with Crippen LogP contribution in [-0.2, 0) is 26.1 Å². The lowest BCUT2D eigenvalue weighted by Gasteiger charge is -2.09. The Hall–Kier alpha value is -4.23. The van der Waals surface area contributed by atoms with Crippen LogP contribution in [0.25, 0.3) is 10.2 Å². The molecular weight excluding hydrogens is 537 g/mol. The van der Waals surface area contributed by atoms with E-state index in [1.807, 2.05) is 0 Å². The summed E-state index contributed by atoms with van der Waals surface area (Å²) in [6.07, 6.45) is 0. The van der Waals surface area contributed by atoms with Crippen LogP contribution in [0.2, 0.25) is 0 Å². The molecule has 4 aromatic rings. The number of hydrogen-bond donors (Lipinski definition) is 1. The monoisotopic (exact) mass is 559 g/mol. The first kappa shape index (κ1) is 26.8. The SMILES string of the molecule is COC(=O)Cn1c(=NC(=O)c2cccc(NS(=O)(=O)c3ccc(F)cc3)c2)sc2cc(OC)c(OC)cc21. The first-order valence-electron chi connectivity index (χ1n) is 10.9. The van der Waals surface area contributed by atoms with Crippen LogP contribution in [0.1, 0.15) is 10.4 Å². The van der Waals surface area contributed by atoms with E-state index in [-0.39, 0.29) is 27.5 Å². The number of ether oxygens (including phenoxy) is 3. The molecule has 1 heterocycles. The van der Waals surface area contributed by atoms with Crippen molar-refractivity contribution in [2.45, 2.75) is 11.4 Å². The molecule has 0 aliphatic carbocycles. The highest BCUT2D eigenvalue weighted by atomic mass is 32.2. The highest BCUT2D eigenvalue weighted by molar-refractivity contribution is 7.92. The Kier molecular flexibility index (Phi) is 7.78. The lowest BCUT2D eigenvalue weighted by Crippen LogP contribution is -2.22. The summed E-state index contributed by atoms with van der Waals surface area (Å²) in [5, 5.41) is 0. The molecule has 0 spiro atoms. The zero-order valence-corrected chi connectivity index (χ0v) is 22.1. The molecular formula is C25H22FN3O7S2. The molecule has 0 radical (unpaired) electrons. The zero-order valence-electron chi connectivity index (χ0n) is 20.4. The number of halogens is 1. The van der Waals surface area contributed by atoms with Gasteiger partial charge in [-0.05, 0) is 42.5 Å². The molecule has 198 valence electrons. The van der Waals surface area contributed by atoms with Gasteiger partial charge < -0.3 is 18.8 Å². The van der Waals surface area contributed by atoms with E-state index in [0.717, 1.165) is 35.6 Å². The molecule has 10 nitrogen and oxygen atoms in total. The van der Waals surface area contributed by atoms with Crippen LogP contribution < -0.4 is 19.0 Å². The Balaban J connectivity index is 1.73. The Morgan fingerprint density at radius 3 is 2.34 bits per heavy atom. The number of nitrogens with one attached hydrogen (secondary N) is 1. The number of aromatic nitrogens is 1. The van der Waals surface area contributed by atoms with E-state index >= 15 is 0 Å². The fraction of sp³-hybridized carbons (Fsp3) is 0.160. The first-order valence-corrected chi connectivity index (χ1v) is 13.2. The van der Waals surface area contributed by atoms with Crippen molar-refractivity contribution in [1.82, 2.24) is 4.57 Å². The van der Waals surface area contributed by atoms with Gasteiger partial charge in [-0.25, -0.2) is 12.8 Å². The van der Waals surface area contributed by atoms with Crippen molar-refractivity contribution >= 4 is 49.1 Å². The molecule has 0 aliphatic heterocycles. The summed E-state index contributed by atoms with van der Waals surface area (Å²) in [5.41, 5.74) is 0.788. The van der Waals surface area contributed by atoms with Crippen LogP contribution in [-0.4, -0.2) is 46.2 Å². The van der Waals surface area contributed by atoms with Crippen LogP contribution in [0.15, 0.2) is 70.6 Å². The molecule has 0 saturated heterocycles. The van der Waals surface area contributed by atoms with Gasteiger partial charge in [0.25, 0.3) is 15.9 Å². The molecule has 1 aromatic heterocycles. The minimum Gasteiger partial charge on any atom is -0.493 e. The minimum atomic E-state index is -4.02. The van der Waals surface area contributed by atoms with Gasteiger partial charge in [0.1, 0.15) is 12.4 Å². The van der Waals surface area contributed by atoms with Crippen molar-refractivity contribution in [3.63, 3.8) is 0 Å². The van der Waals surface area contributed by atoms with Gasteiger partial charge in [-0.1, -0.05) is 17.4 Å². The molecule has 0 atom stereocenters. The number of carbonyl (C=O) groups is 2. The number of benzene rings is 3. The van der Waals surface area contributed by atoms with Gasteiger partial charge in [-0.3, -0.25) is 14.3 Å². The Morgan fingerprint density at radius 1 is 1.00 bits per heavy atom. The van der Waals surface area contributed by atoms with E-state index in [4.69, 9.17) is 14.2 Å². The average Bonchev–Trinajstić information content (AvgIpc) is 3.23. The van der Waals surface area contributed by atoms with Crippen LogP contribution in [0.5, 0.6) is 11.5 Å². The average molecular weight is 560 g/mol. The fourth-order valence-electron chi connectivity index (χ4n) is 3.52. The van der Waals surface area contributed by atoms with Gasteiger partial charge in [0.15, 0.2) is 16.3 Å². The standard InChI is InChI=1S/C25H22FN3O7S2/c1-34-20-12-19-22(13-21(20)35-2)37-25(29(19)14-23(30)36-3)27-24(31)15-5-4-6-17(11-15)28-38(32,33)18-9-7-16(26)8-10-18/h4-13,28H,14H2,1-3H3. The molecule has 1 N–H and O–H groups in total. The second-order valence-electron chi connectivity index (χ2n) is 7.78. The number of carbonyl (C=O) groups excluding carboxylic acids is 2. The Bertz CT molecular complexity index is 1690. The zero-order chi connectivity index (χ0) is 27.4. The lowest BCUT2D eigenvalue weighted by atomic mass is 10.2. The van der Waals surface area contributed by atoms with Gasteiger partial charge in [0.05, 0.1) is 36.4 Å². The molecule has 3 aromatic carbocycles. The molecule has 1 amide bonds. The van der Waals surface area contributed by atoms with Gasteiger partial charge in [0.2, 0.25) is 0 Å². The third-order valence-corrected chi connectivity index (χ3v) is 7.82. The Labute approximate surface area is 221 Å². The summed E-state index contributed by atoms with van der Waals surface area (Å²) in [7, 11) is 0.202. The van der Waals surface area contributed by atoms with Gasteiger partial charge in [-0.15, -0.1) is 0 Å². The number of esters is 1. The number of thiazole rings is 1. The second-order valence-corrected chi connectivity index (χ2v) is 10.5. The number of hydrogen-bond acceptors (Lipinski definition) is 8. The van der Waals surface area contributed by atoms with Crippen LogP contribution in [0.3, 0.4) is 0 Å². The highest BCUT2D eigenvalue weighted by Crippen LogP contribution is 2.33. The maximum absolute atomic E-state index is 13.2. The Morgan fingerprint density at radius 2 is 1.68 bits per heavy atom. The summed E-state index contributed by atoms with van der Waals surface area (Å²) in [4.78, 5) is 29.5. The van der Waals surface area contributed by atoms with Crippen molar-refractivity contribution in [1.29, 1.82) is 0 Å². The van der Waals surface area contributed by atoms with Gasteiger partial charge in [-0.2, -0.15) is 4.99 Å². The molecule has 0 fully saturated rings. The number of amides is 1. The predicted octanol–water partition coefficient (Wildman–Crippen LogP) is 3.57. The maximum atomic E-state index is 13.2. The summed E-state index contributed by atoms with van der Waals surface area (Å²) in [6.45, 7) is -0.213. The van der Waals surface area contributed by atoms with Gasteiger partial charge in [0, 0.05) is 23.4 Å². The first-order chi connectivity index (χ1) is 18.1. The molecule has 0 bridgehead atoms. The fourth-order valence-corrected chi connectivity index (χ4v) is 5.61. The number of fused-ring (bicyclic) bond motifs is 1. The van der Waals surface area contributed by atoms with Crippen molar-refractivity contribution in [3.8, 4) is 11.5 Å². The minimum absolute atomic E-state index is 0.0986. The van der Waals surface area contributed by atoms with Crippen molar-refractivity contribution in [2.75, 3.05) is 26.1 Å². The molecule has 13 heteroatoms. The van der Waals surface area contributed by atoms with Crippen molar-refractivity contribution in [2.24, 2.45) is 4.99 Å². The van der Waals surface area contributed by atoms with E-state index in [1.165, 1.54) is 50.2 Å². The quantitative estimate of drug-likeness (QED) is 0.327. The smallest absolute Gasteiger partial charge is 0.325 e. The maximum Gasteiger partial charge on any atom is 0.325 e. The molecule has 0 saturated carbocycles. The normalized spacial score (nSPS) is 11.8. The third kappa shape index (κ3) is 5.68. The van der Waals surface area contributed by atoms with Crippen molar-refractivity contribution < 1.29 is 36.6 Å². The van der Waals surface area contributed by atoms with Crippen molar-refractivity contribution in [3.05, 3.63) is 76.8 Å². The van der Waals surface area contributed by atoms with Gasteiger partial charge >= 0.3 is 5.97 Å². The summed E-state index contributed by atoms with van der Waals surface area (Å²) < 4.78 is 58.6. The van der Waals surface area contributed by atoms with E-state index in [0.29, 0.717) is 21.7 Å². The lowest BCUT2D eigenvalue weighted by molar-refractivity contribution is -0.141. The predicted molar refractivity (Wildman–Crippen MR) is 138 cm³/mol. The summed E-state index contributed by atoms with van der Waals surface area (Å²) in [5.74, 6) is -0.899. The highest BCUT2D eigenvalue weighted by Gasteiger charge is 2.18. The molecule has 4 rings (SSSR count). The largest absolute Gasteiger partial charge is 0.493 e. The van der Waals surface area contributed by atoms with E-state index in [9.17, 15) is 22.4 Å². The second kappa shape index (κ2) is 11.0. The third-order valence-electron chi connectivity index (χ3n) is 5.39. The molecule has 0 aliphatic rings. The topological polar surface area (TPSA) is 125 Å². The van der Waals surface area contributed by atoms with Crippen LogP contribution in [0.4, 0.5) is 10.1 Å². The number of methoxy groups -OCH3 is 3. The summed E-state index contributed by atoms with van der Waals surface area (Å²) in [6, 6.07) is 13.5. The molecule has 0 unspecified atom stereocenters. The number of sulfonamides is 1. The van der Waals surface area contributed by atoms with E-state index < -0.39 is 27.7 Å². The van der Waals surface area contributed by atoms with Crippen LogP contribution in [0, 0.1) is 5.82 Å². The molecule has 38 heavy (non-hydrogen) atoms. The number of nitrogens with zero attached hydrogens (tertiary/aromatic N) is 2.